The summed E-state index contributed by atoms with van der Waals surface area (Å²) in [5, 5.41) is 9.26. The van der Waals surface area contributed by atoms with Gasteiger partial charge in [0.15, 0.2) is 0 Å². The fourth-order valence-corrected chi connectivity index (χ4v) is 4.83. The first-order valence-corrected chi connectivity index (χ1v) is 13.2. The quantitative estimate of drug-likeness (QED) is 0.310. The number of nitrogens with zero attached hydrogens (tertiary/aromatic N) is 1. The molecule has 5 rings (SSSR count). The Balaban J connectivity index is 1.44. The molecule has 3 aromatic carbocycles. The second-order valence-electron chi connectivity index (χ2n) is 9.64. The topological polar surface area (TPSA) is 73.5 Å². The van der Waals surface area contributed by atoms with E-state index in [0.29, 0.717) is 23.4 Å². The number of likely N-dealkylation sites (tertiary alicyclic amines) is 1. The summed E-state index contributed by atoms with van der Waals surface area (Å²) in [6.45, 7) is 5.88. The Kier molecular flexibility index (Phi) is 7.86. The van der Waals surface area contributed by atoms with Crippen LogP contribution in [0.2, 0.25) is 0 Å². The molecule has 192 valence electrons. The van der Waals surface area contributed by atoms with Crippen molar-refractivity contribution in [3.63, 3.8) is 0 Å². The van der Waals surface area contributed by atoms with E-state index in [0.717, 1.165) is 48.6 Å². The van der Waals surface area contributed by atoms with Crippen molar-refractivity contribution in [3.8, 4) is 11.8 Å². The summed E-state index contributed by atoms with van der Waals surface area (Å²) in [6.07, 6.45) is 3.41. The summed E-state index contributed by atoms with van der Waals surface area (Å²) in [7, 11) is 0. The van der Waals surface area contributed by atoms with Gasteiger partial charge in [-0.05, 0) is 67.7 Å². The molecule has 2 aliphatic heterocycles. The van der Waals surface area contributed by atoms with Gasteiger partial charge in [-0.2, -0.15) is 0 Å². The molecular weight excluding hydrogens is 472 g/mol. The van der Waals surface area contributed by atoms with Gasteiger partial charge < -0.3 is 16.0 Å². The Hall–Kier alpha value is -4.34. The first-order chi connectivity index (χ1) is 18.6. The molecule has 0 aliphatic carbocycles. The van der Waals surface area contributed by atoms with E-state index in [9.17, 15) is 9.59 Å². The average molecular weight is 505 g/mol. The maximum atomic E-state index is 13.3. The van der Waals surface area contributed by atoms with Crippen molar-refractivity contribution in [1.82, 2.24) is 10.2 Å². The van der Waals surface area contributed by atoms with Crippen LogP contribution in [0.15, 0.2) is 72.8 Å². The van der Waals surface area contributed by atoms with E-state index in [4.69, 9.17) is 0 Å². The molecule has 2 amide bonds. The highest BCUT2D eigenvalue weighted by Crippen LogP contribution is 2.38. The van der Waals surface area contributed by atoms with E-state index in [2.05, 4.69) is 57.0 Å². The zero-order valence-electron chi connectivity index (χ0n) is 21.6. The molecule has 0 aromatic heterocycles. The smallest absolute Gasteiger partial charge is 0.296 e. The normalized spacial score (nSPS) is 15.8. The first kappa shape index (κ1) is 25.3. The molecule has 38 heavy (non-hydrogen) atoms. The Bertz CT molecular complexity index is 1410. The van der Waals surface area contributed by atoms with Crippen LogP contribution in [-0.2, 0) is 16.1 Å². The number of hydrogen-bond donors (Lipinski definition) is 3. The van der Waals surface area contributed by atoms with Gasteiger partial charge in [0.1, 0.15) is 0 Å². The lowest BCUT2D eigenvalue weighted by atomic mass is 9.99. The average Bonchev–Trinajstić information content (AvgIpc) is 3.57. The van der Waals surface area contributed by atoms with E-state index in [1.165, 1.54) is 18.4 Å². The molecule has 3 N–H and O–H groups in total. The highest BCUT2D eigenvalue weighted by Gasteiger charge is 2.28. The lowest BCUT2D eigenvalue weighted by molar-refractivity contribution is -0.115. The Morgan fingerprint density at radius 3 is 2.50 bits per heavy atom. The van der Waals surface area contributed by atoms with Crippen LogP contribution in [0.3, 0.4) is 0 Å². The van der Waals surface area contributed by atoms with E-state index in [1.807, 2.05) is 55.5 Å². The number of nitrogens with one attached hydrogen (secondary N) is 3. The standard InChI is InChI=1S/C32H32N4O2/c1-2-18-33-29(37)17-13-23-12-16-27-28(21-23)35-32(38)30(27)31(25-8-4-3-5-9-25)34-26-14-10-24(11-15-26)22-36-19-6-7-20-36/h3-5,8-12,14-16,21,34H,2,6-7,18-20,22H2,1H3,(H,33,37)(H,35,38)/b31-30-. The molecule has 0 spiro atoms. The van der Waals surface area contributed by atoms with Crippen LogP contribution >= 0.6 is 0 Å². The van der Waals surface area contributed by atoms with Crippen molar-refractivity contribution in [2.45, 2.75) is 32.7 Å². The van der Waals surface area contributed by atoms with Gasteiger partial charge in [-0.15, -0.1) is 0 Å². The van der Waals surface area contributed by atoms with Crippen molar-refractivity contribution in [3.05, 3.63) is 95.1 Å². The minimum Gasteiger partial charge on any atom is -0.354 e. The van der Waals surface area contributed by atoms with Gasteiger partial charge in [0.2, 0.25) is 0 Å². The van der Waals surface area contributed by atoms with Crippen molar-refractivity contribution < 1.29 is 9.59 Å². The van der Waals surface area contributed by atoms with Gasteiger partial charge in [-0.3, -0.25) is 14.5 Å². The van der Waals surface area contributed by atoms with E-state index in [-0.39, 0.29) is 11.8 Å². The number of carbonyl (C=O) groups excluding carboxylic acids is 2. The molecule has 0 bridgehead atoms. The number of rotatable bonds is 7. The molecule has 0 saturated carbocycles. The van der Waals surface area contributed by atoms with E-state index >= 15 is 0 Å². The Morgan fingerprint density at radius 2 is 1.76 bits per heavy atom. The second kappa shape index (κ2) is 11.8. The van der Waals surface area contributed by atoms with Crippen LogP contribution in [-0.4, -0.2) is 36.3 Å². The number of fused-ring (bicyclic) bond motifs is 1. The molecule has 1 saturated heterocycles. The third-order valence-electron chi connectivity index (χ3n) is 6.76. The van der Waals surface area contributed by atoms with Gasteiger partial charge in [0, 0.05) is 35.8 Å². The zero-order chi connectivity index (χ0) is 26.3. The molecule has 0 unspecified atom stereocenters. The molecular formula is C32H32N4O2. The van der Waals surface area contributed by atoms with Gasteiger partial charge >= 0.3 is 0 Å². The molecule has 3 aromatic rings. The lowest BCUT2D eigenvalue weighted by Crippen LogP contribution is -2.21. The van der Waals surface area contributed by atoms with Crippen molar-refractivity contribution >= 4 is 34.5 Å². The van der Waals surface area contributed by atoms with Gasteiger partial charge in [0.05, 0.1) is 17.0 Å². The number of benzene rings is 3. The Labute approximate surface area is 224 Å². The van der Waals surface area contributed by atoms with Gasteiger partial charge in [0.25, 0.3) is 11.8 Å². The number of amides is 2. The molecule has 0 radical (unpaired) electrons. The van der Waals surface area contributed by atoms with Gasteiger partial charge in [-0.1, -0.05) is 61.4 Å². The maximum absolute atomic E-state index is 13.3. The van der Waals surface area contributed by atoms with Crippen molar-refractivity contribution in [2.75, 3.05) is 30.3 Å². The maximum Gasteiger partial charge on any atom is 0.296 e. The second-order valence-corrected chi connectivity index (χ2v) is 9.64. The molecule has 0 atom stereocenters. The van der Waals surface area contributed by atoms with Crippen LogP contribution in [0.25, 0.3) is 11.3 Å². The SMILES string of the molecule is CCCNC(=O)C#Cc1ccc2c(c1)NC(=O)/C2=C(\Nc1ccc(CN2CCCC2)cc1)c1ccccc1. The van der Waals surface area contributed by atoms with Crippen LogP contribution in [0, 0.1) is 11.8 Å². The third kappa shape index (κ3) is 5.96. The van der Waals surface area contributed by atoms with Crippen molar-refractivity contribution in [1.29, 1.82) is 0 Å². The van der Waals surface area contributed by atoms with Crippen LogP contribution in [0.5, 0.6) is 0 Å². The summed E-state index contributed by atoms with van der Waals surface area (Å²) in [6, 6.07) is 23.9. The number of carbonyl (C=O) groups is 2. The number of anilines is 2. The minimum atomic E-state index is -0.306. The molecule has 6 heteroatoms. The summed E-state index contributed by atoms with van der Waals surface area (Å²) < 4.78 is 0. The predicted molar refractivity (Wildman–Crippen MR) is 153 cm³/mol. The van der Waals surface area contributed by atoms with Crippen LogP contribution in [0.1, 0.15) is 48.4 Å². The molecule has 6 nitrogen and oxygen atoms in total. The number of hydrogen-bond acceptors (Lipinski definition) is 4. The predicted octanol–water partition coefficient (Wildman–Crippen LogP) is 5.09. The van der Waals surface area contributed by atoms with Gasteiger partial charge in [-0.25, -0.2) is 0 Å². The van der Waals surface area contributed by atoms with Crippen LogP contribution in [0.4, 0.5) is 11.4 Å². The van der Waals surface area contributed by atoms with Crippen LogP contribution < -0.4 is 16.0 Å². The highest BCUT2D eigenvalue weighted by atomic mass is 16.2. The first-order valence-electron chi connectivity index (χ1n) is 13.2. The highest BCUT2D eigenvalue weighted by molar-refractivity contribution is 6.37. The van der Waals surface area contributed by atoms with E-state index in [1.54, 1.807) is 0 Å². The summed E-state index contributed by atoms with van der Waals surface area (Å²) in [5.74, 6) is 5.03. The fraction of sp³-hybridized carbons (Fsp3) is 0.250. The van der Waals surface area contributed by atoms with E-state index < -0.39 is 0 Å². The summed E-state index contributed by atoms with van der Waals surface area (Å²) in [5.41, 5.74) is 6.59. The third-order valence-corrected chi connectivity index (χ3v) is 6.76. The summed E-state index contributed by atoms with van der Waals surface area (Å²) >= 11 is 0. The summed E-state index contributed by atoms with van der Waals surface area (Å²) in [4.78, 5) is 27.6. The monoisotopic (exact) mass is 504 g/mol. The largest absolute Gasteiger partial charge is 0.354 e. The molecule has 2 aliphatic rings. The molecule has 2 heterocycles. The lowest BCUT2D eigenvalue weighted by Gasteiger charge is -2.17. The fourth-order valence-electron chi connectivity index (χ4n) is 4.83. The van der Waals surface area contributed by atoms with Crippen molar-refractivity contribution in [2.24, 2.45) is 0 Å². The zero-order valence-corrected chi connectivity index (χ0v) is 21.6. The minimum absolute atomic E-state index is 0.178. The Morgan fingerprint density at radius 1 is 1.00 bits per heavy atom. The molecule has 1 fully saturated rings.